The molecule has 260 valence electrons. The number of halogens is 3. The second kappa shape index (κ2) is 11.8. The molecular weight excluding hydrogens is 661 g/mol. The minimum Gasteiger partial charge on any atom is -0.508 e. The number of phenolic OH excluding ortho intramolecular Hbond substituents is 1. The molecule has 9 rings (SSSR count). The van der Waals surface area contributed by atoms with Crippen LogP contribution >= 0.6 is 0 Å². The first-order chi connectivity index (χ1) is 24.7. The molecule has 3 aromatic heterocycles. The molecule has 51 heavy (non-hydrogen) atoms. The average Bonchev–Trinajstić information content (AvgIpc) is 3.90. The van der Waals surface area contributed by atoms with Gasteiger partial charge in [0.2, 0.25) is 0 Å². The molecule has 2 unspecified atom stereocenters. The van der Waals surface area contributed by atoms with Gasteiger partial charge in [-0.05, 0) is 55.8 Å². The van der Waals surface area contributed by atoms with Gasteiger partial charge in [0.05, 0.1) is 28.6 Å². The lowest BCUT2D eigenvalue weighted by Gasteiger charge is -2.41. The third-order valence-corrected chi connectivity index (χ3v) is 11.1. The van der Waals surface area contributed by atoms with Crippen molar-refractivity contribution in [1.82, 2.24) is 34.3 Å². The summed E-state index contributed by atoms with van der Waals surface area (Å²) in [5.41, 5.74) is -0.750. The number of imidazole rings is 1. The fraction of sp³-hybridized carbons (Fsp3) is 0.378. The number of anilines is 1. The van der Waals surface area contributed by atoms with Gasteiger partial charge in [0, 0.05) is 55.6 Å². The highest BCUT2D eigenvalue weighted by Gasteiger charge is 2.49. The first-order valence-corrected chi connectivity index (χ1v) is 17.1. The van der Waals surface area contributed by atoms with Gasteiger partial charge in [-0.15, -0.1) is 6.42 Å². The van der Waals surface area contributed by atoms with E-state index in [1.165, 1.54) is 41.4 Å². The predicted octanol–water partition coefficient (Wildman–Crippen LogP) is 5.28. The number of piperazine rings is 1. The van der Waals surface area contributed by atoms with Gasteiger partial charge >= 0.3 is 12.0 Å². The van der Waals surface area contributed by atoms with E-state index in [1.807, 2.05) is 9.80 Å². The molecule has 1 N–H and O–H groups in total. The first kappa shape index (κ1) is 31.6. The molecule has 14 heteroatoms. The third kappa shape index (κ3) is 5.04. The first-order valence-electron chi connectivity index (χ1n) is 17.1. The predicted molar refractivity (Wildman–Crippen MR) is 182 cm³/mol. The quantitative estimate of drug-likeness (QED) is 0.246. The number of alkyl halides is 1. The van der Waals surface area contributed by atoms with Crippen LogP contribution < -0.4 is 9.64 Å². The number of terminal acetylenes is 1. The molecule has 4 atom stereocenters. The molecule has 5 aromatic rings. The van der Waals surface area contributed by atoms with Gasteiger partial charge in [0.25, 0.3) is 0 Å². The summed E-state index contributed by atoms with van der Waals surface area (Å²) in [7, 11) is 0. The molecule has 4 aliphatic rings. The normalized spacial score (nSPS) is 24.4. The molecule has 2 aromatic carbocycles. The van der Waals surface area contributed by atoms with E-state index in [1.54, 1.807) is 12.4 Å². The summed E-state index contributed by atoms with van der Waals surface area (Å²) in [6.07, 6.45) is 14.5. The van der Waals surface area contributed by atoms with E-state index in [4.69, 9.17) is 16.1 Å². The number of benzene rings is 2. The Labute approximate surface area is 290 Å². The van der Waals surface area contributed by atoms with Crippen molar-refractivity contribution in [2.45, 2.75) is 55.9 Å². The Balaban J connectivity index is 1.15. The number of carbonyl (C=O) groups excluding carboxylic acids is 1. The number of rotatable bonds is 5. The monoisotopic (exact) mass is 694 g/mol. The summed E-state index contributed by atoms with van der Waals surface area (Å²) in [6, 6.07) is 4.89. The van der Waals surface area contributed by atoms with Crippen LogP contribution in [0, 0.1) is 24.0 Å². The molecular formula is C37H33F3N8O3. The second-order valence-electron chi connectivity index (χ2n) is 14.0. The number of nitrogens with zero attached hydrogens (tertiary/aromatic N) is 8. The molecule has 7 heterocycles. The van der Waals surface area contributed by atoms with Gasteiger partial charge in [0.1, 0.15) is 47.7 Å². The van der Waals surface area contributed by atoms with Crippen molar-refractivity contribution in [2.75, 3.05) is 37.7 Å². The van der Waals surface area contributed by atoms with Crippen LogP contribution in [0.15, 0.2) is 49.2 Å². The number of pyridine rings is 1. The highest BCUT2D eigenvalue weighted by Crippen LogP contribution is 2.42. The molecule has 0 aliphatic carbocycles. The average molecular weight is 695 g/mol. The van der Waals surface area contributed by atoms with Crippen LogP contribution in [0.3, 0.4) is 0 Å². The molecule has 0 saturated carbocycles. The van der Waals surface area contributed by atoms with Crippen LogP contribution in [0.2, 0.25) is 0 Å². The lowest BCUT2D eigenvalue weighted by molar-refractivity contribution is 0.107. The number of phenols is 1. The van der Waals surface area contributed by atoms with E-state index in [0.717, 1.165) is 32.2 Å². The summed E-state index contributed by atoms with van der Waals surface area (Å²) >= 11 is 0. The van der Waals surface area contributed by atoms with Crippen LogP contribution in [0.5, 0.6) is 11.8 Å². The maximum absolute atomic E-state index is 17.0. The van der Waals surface area contributed by atoms with Crippen molar-refractivity contribution < 1.29 is 27.8 Å². The lowest BCUT2D eigenvalue weighted by atomic mass is 9.95. The summed E-state index contributed by atoms with van der Waals surface area (Å²) < 4.78 is 54.2. The van der Waals surface area contributed by atoms with Gasteiger partial charge in [-0.1, -0.05) is 12.0 Å². The highest BCUT2D eigenvalue weighted by atomic mass is 19.1. The number of hydrogen-bond donors (Lipinski definition) is 1. The van der Waals surface area contributed by atoms with Crippen LogP contribution in [0.1, 0.15) is 37.7 Å². The number of aromatic nitrogens is 5. The second-order valence-corrected chi connectivity index (χ2v) is 14.0. The SMILES string of the molecule is C#Cc1c(F)ccc2cc(O)cc(-c3ncc4c(N5CC6CCC(C5)N6C(=O)n5ccnc5)nc(OC[C@@]56CCCN5C[C@H](F)C6)nc4c3F)c12. The van der Waals surface area contributed by atoms with Crippen molar-refractivity contribution in [1.29, 1.82) is 0 Å². The van der Waals surface area contributed by atoms with Crippen molar-refractivity contribution in [3.05, 3.63) is 66.4 Å². The van der Waals surface area contributed by atoms with Gasteiger partial charge in [-0.25, -0.2) is 22.9 Å². The molecule has 11 nitrogen and oxygen atoms in total. The summed E-state index contributed by atoms with van der Waals surface area (Å²) in [5, 5.41) is 11.6. The highest BCUT2D eigenvalue weighted by molar-refractivity contribution is 6.03. The van der Waals surface area contributed by atoms with Crippen LogP contribution in [0.25, 0.3) is 32.9 Å². The minimum absolute atomic E-state index is 0.0718. The van der Waals surface area contributed by atoms with Gasteiger partial charge in [-0.2, -0.15) is 9.97 Å². The number of carbonyl (C=O) groups is 1. The van der Waals surface area contributed by atoms with E-state index >= 15 is 4.39 Å². The zero-order valence-corrected chi connectivity index (χ0v) is 27.5. The van der Waals surface area contributed by atoms with Crippen molar-refractivity contribution in [3.8, 4) is 35.4 Å². The Morgan fingerprint density at radius 1 is 1.14 bits per heavy atom. The summed E-state index contributed by atoms with van der Waals surface area (Å²) in [5.74, 6) is 1.08. The molecule has 4 aliphatic heterocycles. The number of ether oxygens (including phenoxy) is 1. The molecule has 4 fully saturated rings. The zero-order chi connectivity index (χ0) is 35.0. The number of aromatic hydroxyl groups is 1. The van der Waals surface area contributed by atoms with Crippen LogP contribution in [-0.4, -0.2) is 102 Å². The Bertz CT molecular complexity index is 2250. The topological polar surface area (TPSA) is 113 Å². The Hall–Kier alpha value is -5.42. The van der Waals surface area contributed by atoms with Crippen molar-refractivity contribution in [3.63, 3.8) is 0 Å². The number of hydrogen-bond acceptors (Lipinski definition) is 9. The molecule has 1 amide bonds. The molecule has 0 spiro atoms. The van der Waals surface area contributed by atoms with E-state index in [0.29, 0.717) is 42.6 Å². The van der Waals surface area contributed by atoms with E-state index in [2.05, 4.69) is 25.8 Å². The van der Waals surface area contributed by atoms with Crippen molar-refractivity contribution in [2.24, 2.45) is 0 Å². The van der Waals surface area contributed by atoms with Crippen LogP contribution in [0.4, 0.5) is 23.8 Å². The minimum atomic E-state index is -0.959. The smallest absolute Gasteiger partial charge is 0.330 e. The van der Waals surface area contributed by atoms with E-state index in [9.17, 15) is 18.7 Å². The third-order valence-electron chi connectivity index (χ3n) is 11.1. The standard InChI is InChI=1S/C37H33F3N8O3/c1-2-26-29(39)7-4-21-12-25(49)13-27(30(21)26)32-31(40)33-28(15-42-32)34(44-35(43-33)51-19-37-8-3-10-47(37)16-22(38)14-37)46-17-23-5-6-24(18-46)48(23)36(50)45-11-9-41-20-45/h1,4,7,9,11-13,15,20,22-24,49H,3,5-6,8,10,14,16-19H2/t22-,23?,24?,37+/m1/s1. The fourth-order valence-corrected chi connectivity index (χ4v) is 8.81. The Morgan fingerprint density at radius 3 is 2.73 bits per heavy atom. The maximum Gasteiger partial charge on any atom is 0.330 e. The fourth-order valence-electron chi connectivity index (χ4n) is 8.81. The summed E-state index contributed by atoms with van der Waals surface area (Å²) in [4.78, 5) is 37.3. The molecule has 4 saturated heterocycles. The van der Waals surface area contributed by atoms with Gasteiger partial charge in [0.15, 0.2) is 5.82 Å². The largest absolute Gasteiger partial charge is 0.508 e. The van der Waals surface area contributed by atoms with Gasteiger partial charge < -0.3 is 19.6 Å². The number of amides is 1. The zero-order valence-electron chi connectivity index (χ0n) is 27.5. The Morgan fingerprint density at radius 2 is 1.96 bits per heavy atom. The lowest BCUT2D eigenvalue weighted by Crippen LogP contribution is -2.57. The number of fused-ring (bicyclic) bond motifs is 5. The van der Waals surface area contributed by atoms with Crippen LogP contribution in [-0.2, 0) is 0 Å². The molecule has 2 bridgehead atoms. The summed E-state index contributed by atoms with van der Waals surface area (Å²) in [6.45, 7) is 2.11. The maximum atomic E-state index is 17.0. The van der Waals surface area contributed by atoms with E-state index < -0.39 is 23.3 Å². The van der Waals surface area contributed by atoms with Crippen molar-refractivity contribution >= 4 is 33.5 Å². The molecule has 0 radical (unpaired) electrons. The van der Waals surface area contributed by atoms with E-state index in [-0.39, 0.29) is 64.2 Å². The Kier molecular flexibility index (Phi) is 7.32. The van der Waals surface area contributed by atoms with Gasteiger partial charge in [-0.3, -0.25) is 14.5 Å².